The third-order valence-corrected chi connectivity index (χ3v) is 7.74. The number of rotatable bonds is 31. The van der Waals surface area contributed by atoms with Gasteiger partial charge in [-0.1, -0.05) is 135 Å². The minimum absolute atomic E-state index is 0.0160. The topological polar surface area (TPSA) is 63.6 Å². The largest absolute Gasteiger partial charge is 0.481 e. The van der Waals surface area contributed by atoms with Gasteiger partial charge in [0.1, 0.15) is 6.10 Å². The van der Waals surface area contributed by atoms with Gasteiger partial charge in [0.25, 0.3) is 0 Å². The van der Waals surface area contributed by atoms with E-state index in [4.69, 9.17) is 9.84 Å². The summed E-state index contributed by atoms with van der Waals surface area (Å²) in [5.74, 6) is -0.719. The molecule has 0 bridgehead atoms. The van der Waals surface area contributed by atoms with Crippen LogP contribution in [0.2, 0.25) is 0 Å². The second kappa shape index (κ2) is 31.2. The molecule has 1 N–H and O–H groups in total. The van der Waals surface area contributed by atoms with E-state index < -0.39 is 5.97 Å². The Hall–Kier alpha value is -1.32. The van der Waals surface area contributed by atoms with E-state index in [1.165, 1.54) is 96.3 Å². The van der Waals surface area contributed by atoms with Gasteiger partial charge in [-0.05, 0) is 57.8 Å². The number of ether oxygens (including phenoxy) is 1. The highest BCUT2D eigenvalue weighted by molar-refractivity contribution is 5.69. The second-order valence-corrected chi connectivity index (χ2v) is 11.7. The molecule has 0 aromatic heterocycles. The zero-order valence-electron chi connectivity index (χ0n) is 26.2. The smallest absolute Gasteiger partial charge is 0.306 e. The Morgan fingerprint density at radius 1 is 0.538 bits per heavy atom. The molecule has 0 heterocycles. The Morgan fingerprint density at radius 2 is 0.949 bits per heavy atom. The number of carboxylic acid groups (broad SMARTS) is 1. The van der Waals surface area contributed by atoms with Crippen molar-refractivity contribution in [1.29, 1.82) is 0 Å². The summed E-state index contributed by atoms with van der Waals surface area (Å²) in [6.07, 6.45) is 36.5. The highest BCUT2D eigenvalue weighted by Crippen LogP contribution is 2.18. The maximum absolute atomic E-state index is 12.5. The molecule has 0 aliphatic carbocycles. The molecule has 1 unspecified atom stereocenters. The number of hydrogen-bond donors (Lipinski definition) is 1. The molecule has 0 saturated heterocycles. The Balaban J connectivity index is 4.10. The van der Waals surface area contributed by atoms with Crippen molar-refractivity contribution in [2.24, 2.45) is 0 Å². The number of unbranched alkanes of at least 4 members (excludes halogenated alkanes) is 20. The lowest BCUT2D eigenvalue weighted by atomic mass is 10.0. The first-order chi connectivity index (χ1) is 19.1. The number of allylic oxidation sites excluding steroid dienone is 2. The molecule has 0 aliphatic rings. The van der Waals surface area contributed by atoms with Gasteiger partial charge >= 0.3 is 11.9 Å². The quantitative estimate of drug-likeness (QED) is 0.0529. The Bertz CT molecular complexity index is 557. The molecule has 39 heavy (non-hydrogen) atoms. The molecule has 0 aromatic rings. The number of esters is 1. The zero-order chi connectivity index (χ0) is 28.7. The molecule has 4 nitrogen and oxygen atoms in total. The van der Waals surface area contributed by atoms with Gasteiger partial charge in [-0.15, -0.1) is 0 Å². The first-order valence-electron chi connectivity index (χ1n) is 17.2. The second-order valence-electron chi connectivity index (χ2n) is 11.7. The summed E-state index contributed by atoms with van der Waals surface area (Å²) >= 11 is 0. The van der Waals surface area contributed by atoms with Crippen LogP contribution < -0.4 is 0 Å². The molecule has 4 heteroatoms. The summed E-state index contributed by atoms with van der Waals surface area (Å²) in [5, 5.41) is 8.77. The summed E-state index contributed by atoms with van der Waals surface area (Å²) in [5.41, 5.74) is 0. The fourth-order valence-electron chi connectivity index (χ4n) is 5.18. The summed E-state index contributed by atoms with van der Waals surface area (Å²) in [6.45, 7) is 4.52. The normalized spacial score (nSPS) is 12.3. The van der Waals surface area contributed by atoms with Crippen LogP contribution in [0.3, 0.4) is 0 Å². The van der Waals surface area contributed by atoms with Gasteiger partial charge in [-0.25, -0.2) is 0 Å². The molecule has 0 amide bonds. The summed E-state index contributed by atoms with van der Waals surface area (Å²) in [6, 6.07) is 0. The molecule has 1 atom stereocenters. The van der Waals surface area contributed by atoms with E-state index in [1.807, 2.05) is 0 Å². The van der Waals surface area contributed by atoms with E-state index >= 15 is 0 Å². The average Bonchev–Trinajstić information content (AvgIpc) is 2.91. The van der Waals surface area contributed by atoms with Gasteiger partial charge < -0.3 is 9.84 Å². The van der Waals surface area contributed by atoms with E-state index in [2.05, 4.69) is 26.0 Å². The number of carboxylic acids is 1. The first kappa shape index (κ1) is 37.7. The number of carbonyl (C=O) groups excluding carboxylic acids is 1. The molecule has 0 aromatic carbocycles. The van der Waals surface area contributed by atoms with E-state index in [9.17, 15) is 9.59 Å². The summed E-state index contributed by atoms with van der Waals surface area (Å²) < 4.78 is 5.94. The number of carbonyl (C=O) groups is 2. The van der Waals surface area contributed by atoms with Crippen molar-refractivity contribution in [3.63, 3.8) is 0 Å². The number of hydrogen-bond acceptors (Lipinski definition) is 3. The Kier molecular flexibility index (Phi) is 30.2. The van der Waals surface area contributed by atoms with Gasteiger partial charge in [0, 0.05) is 12.8 Å². The van der Waals surface area contributed by atoms with Crippen molar-refractivity contribution in [3.8, 4) is 0 Å². The Labute approximate surface area is 243 Å². The zero-order valence-corrected chi connectivity index (χ0v) is 26.2. The molecular weight excluding hydrogens is 484 g/mol. The highest BCUT2D eigenvalue weighted by Gasteiger charge is 2.14. The molecule has 0 aliphatic heterocycles. The van der Waals surface area contributed by atoms with Crippen molar-refractivity contribution in [3.05, 3.63) is 12.2 Å². The van der Waals surface area contributed by atoms with Crippen molar-refractivity contribution < 1.29 is 19.4 Å². The van der Waals surface area contributed by atoms with Crippen LogP contribution in [0.1, 0.15) is 194 Å². The van der Waals surface area contributed by atoms with Crippen LogP contribution >= 0.6 is 0 Å². The molecule has 0 spiro atoms. The lowest BCUT2D eigenvalue weighted by molar-refractivity contribution is -0.150. The molecular formula is C35H66O4. The van der Waals surface area contributed by atoms with Crippen LogP contribution in [0.5, 0.6) is 0 Å². The fourth-order valence-corrected chi connectivity index (χ4v) is 5.18. The van der Waals surface area contributed by atoms with Crippen molar-refractivity contribution in [2.45, 2.75) is 200 Å². The van der Waals surface area contributed by atoms with Gasteiger partial charge in [0.15, 0.2) is 0 Å². The van der Waals surface area contributed by atoms with Gasteiger partial charge in [-0.3, -0.25) is 9.59 Å². The minimum atomic E-state index is -0.703. The minimum Gasteiger partial charge on any atom is -0.481 e. The van der Waals surface area contributed by atoms with Crippen LogP contribution in [0, 0.1) is 0 Å². The maximum atomic E-state index is 12.5. The molecule has 0 fully saturated rings. The standard InChI is InChI=1S/C35H66O4/c1-3-5-7-9-11-13-14-15-16-17-18-21-25-29-33(30-26-22-20-23-27-31-34(36)37)39-35(38)32-28-24-19-12-10-8-6-4-2/h17-18,33H,3-16,19-32H2,1-2H3,(H,36,37)/b18-17-. The Morgan fingerprint density at radius 3 is 1.49 bits per heavy atom. The van der Waals surface area contributed by atoms with E-state index in [-0.39, 0.29) is 18.5 Å². The highest BCUT2D eigenvalue weighted by atomic mass is 16.5. The summed E-state index contributed by atoms with van der Waals surface area (Å²) in [7, 11) is 0. The summed E-state index contributed by atoms with van der Waals surface area (Å²) in [4.78, 5) is 23.2. The van der Waals surface area contributed by atoms with Crippen LogP contribution in [0.15, 0.2) is 12.2 Å². The predicted molar refractivity (Wildman–Crippen MR) is 167 cm³/mol. The van der Waals surface area contributed by atoms with E-state index in [0.717, 1.165) is 70.6 Å². The van der Waals surface area contributed by atoms with Crippen LogP contribution in [0.25, 0.3) is 0 Å². The van der Waals surface area contributed by atoms with E-state index in [0.29, 0.717) is 6.42 Å². The lowest BCUT2D eigenvalue weighted by Gasteiger charge is -2.18. The van der Waals surface area contributed by atoms with E-state index in [1.54, 1.807) is 0 Å². The van der Waals surface area contributed by atoms with Crippen molar-refractivity contribution >= 4 is 11.9 Å². The lowest BCUT2D eigenvalue weighted by Crippen LogP contribution is -2.18. The third kappa shape index (κ3) is 31.1. The first-order valence-corrected chi connectivity index (χ1v) is 17.2. The molecule has 0 radical (unpaired) electrons. The van der Waals surface area contributed by atoms with Gasteiger partial charge in [0.05, 0.1) is 0 Å². The number of aliphatic carboxylic acids is 1. The van der Waals surface area contributed by atoms with Crippen LogP contribution in [-0.2, 0) is 14.3 Å². The predicted octanol–water partition coefficient (Wildman–Crippen LogP) is 11.5. The molecule has 0 rings (SSSR count). The van der Waals surface area contributed by atoms with Crippen molar-refractivity contribution in [1.82, 2.24) is 0 Å². The molecule has 0 saturated carbocycles. The van der Waals surface area contributed by atoms with Gasteiger partial charge in [0.2, 0.25) is 0 Å². The van der Waals surface area contributed by atoms with Crippen LogP contribution in [-0.4, -0.2) is 23.1 Å². The molecule has 230 valence electrons. The van der Waals surface area contributed by atoms with Gasteiger partial charge in [-0.2, -0.15) is 0 Å². The average molecular weight is 551 g/mol. The maximum Gasteiger partial charge on any atom is 0.306 e. The fraction of sp³-hybridized carbons (Fsp3) is 0.886. The SMILES string of the molecule is CCCCCCCCCC/C=C\CCCC(CCCCCCCC(=O)O)OC(=O)CCCCCCCCCC. The van der Waals surface area contributed by atoms with Crippen LogP contribution in [0.4, 0.5) is 0 Å². The van der Waals surface area contributed by atoms with Crippen molar-refractivity contribution in [2.75, 3.05) is 0 Å². The monoisotopic (exact) mass is 550 g/mol. The third-order valence-electron chi connectivity index (χ3n) is 7.74.